The first-order chi connectivity index (χ1) is 9.92. The van der Waals surface area contributed by atoms with Crippen molar-refractivity contribution in [3.05, 3.63) is 78.0 Å². The van der Waals surface area contributed by atoms with Crippen LogP contribution < -0.4 is 5.32 Å². The fourth-order valence-electron chi connectivity index (χ4n) is 2.76. The van der Waals surface area contributed by atoms with Gasteiger partial charge in [-0.3, -0.25) is 4.98 Å². The molecule has 0 fully saturated rings. The molecule has 0 amide bonds. The second kappa shape index (κ2) is 4.49. The summed E-state index contributed by atoms with van der Waals surface area (Å²) < 4.78 is 0. The average Bonchev–Trinajstić information content (AvgIpc) is 2.54. The molecule has 1 N–H and O–H groups in total. The third-order valence-electron chi connectivity index (χ3n) is 3.76. The molecular weight excluding hydrogens is 244 g/mol. The Morgan fingerprint density at radius 2 is 1.75 bits per heavy atom. The van der Waals surface area contributed by atoms with Crippen molar-refractivity contribution < 1.29 is 0 Å². The predicted octanol–water partition coefficient (Wildman–Crippen LogP) is 4.41. The van der Waals surface area contributed by atoms with E-state index in [0.717, 1.165) is 5.52 Å². The Labute approximate surface area is 117 Å². The Morgan fingerprint density at radius 1 is 0.900 bits per heavy atom. The van der Waals surface area contributed by atoms with Crippen molar-refractivity contribution in [2.75, 3.05) is 5.32 Å². The van der Waals surface area contributed by atoms with E-state index in [1.54, 1.807) is 0 Å². The highest BCUT2D eigenvalue weighted by Gasteiger charge is 2.16. The first-order valence-electron chi connectivity index (χ1n) is 6.79. The van der Waals surface area contributed by atoms with Gasteiger partial charge in [0.2, 0.25) is 0 Å². The highest BCUT2D eigenvalue weighted by molar-refractivity contribution is 5.84. The quantitative estimate of drug-likeness (QED) is 0.699. The fraction of sp³-hybridized carbons (Fsp3) is 0.0556. The van der Waals surface area contributed by atoms with Crippen LogP contribution in [0.25, 0.3) is 17.0 Å². The van der Waals surface area contributed by atoms with E-state index in [2.05, 4.69) is 71.0 Å². The lowest BCUT2D eigenvalue weighted by Crippen LogP contribution is -2.12. The normalized spacial score (nSPS) is 16.7. The molecule has 1 aliphatic heterocycles. The summed E-state index contributed by atoms with van der Waals surface area (Å²) in [6.45, 7) is 0. The lowest BCUT2D eigenvalue weighted by molar-refractivity contribution is 0.987. The van der Waals surface area contributed by atoms with Crippen LogP contribution in [-0.4, -0.2) is 4.98 Å². The molecule has 0 saturated heterocycles. The molecule has 3 aromatic rings. The predicted molar refractivity (Wildman–Crippen MR) is 83.6 cm³/mol. The number of hydrogen-bond acceptors (Lipinski definition) is 2. The number of hydrogen-bond donors (Lipinski definition) is 1. The third-order valence-corrected chi connectivity index (χ3v) is 3.76. The molecule has 96 valence electrons. The molecule has 1 aromatic heterocycles. The highest BCUT2D eigenvalue weighted by atomic mass is 14.9. The zero-order chi connectivity index (χ0) is 13.4. The van der Waals surface area contributed by atoms with Gasteiger partial charge in [0.15, 0.2) is 0 Å². The van der Waals surface area contributed by atoms with Crippen LogP contribution >= 0.6 is 0 Å². The van der Waals surface area contributed by atoms with Crippen molar-refractivity contribution in [2.45, 2.75) is 6.04 Å². The topological polar surface area (TPSA) is 24.9 Å². The molecule has 0 saturated carbocycles. The summed E-state index contributed by atoms with van der Waals surface area (Å²) >= 11 is 0. The van der Waals surface area contributed by atoms with Gasteiger partial charge in [-0.2, -0.15) is 0 Å². The van der Waals surface area contributed by atoms with E-state index in [-0.39, 0.29) is 6.04 Å². The number of benzene rings is 2. The molecule has 2 heterocycles. The van der Waals surface area contributed by atoms with E-state index in [9.17, 15) is 0 Å². The molecule has 1 aliphatic rings. The lowest BCUT2D eigenvalue weighted by Gasteiger charge is -2.23. The minimum atomic E-state index is 0.192. The number of rotatable bonds is 1. The van der Waals surface area contributed by atoms with Crippen molar-refractivity contribution >= 4 is 22.7 Å². The van der Waals surface area contributed by atoms with Crippen LogP contribution in [0.3, 0.4) is 0 Å². The van der Waals surface area contributed by atoms with Gasteiger partial charge in [-0.1, -0.05) is 48.6 Å². The van der Waals surface area contributed by atoms with Crippen LogP contribution in [0.15, 0.2) is 66.9 Å². The number of pyridine rings is 1. The van der Waals surface area contributed by atoms with Gasteiger partial charge in [0, 0.05) is 17.3 Å². The zero-order valence-corrected chi connectivity index (χ0v) is 11.0. The van der Waals surface area contributed by atoms with E-state index in [0.29, 0.717) is 0 Å². The maximum atomic E-state index is 4.43. The summed E-state index contributed by atoms with van der Waals surface area (Å²) in [7, 11) is 0. The van der Waals surface area contributed by atoms with Crippen molar-refractivity contribution in [1.29, 1.82) is 0 Å². The Hall–Kier alpha value is -2.61. The minimum absolute atomic E-state index is 0.192. The van der Waals surface area contributed by atoms with Crippen molar-refractivity contribution in [3.8, 4) is 0 Å². The molecule has 0 radical (unpaired) electrons. The molecule has 20 heavy (non-hydrogen) atoms. The van der Waals surface area contributed by atoms with Gasteiger partial charge in [-0.05, 0) is 29.3 Å². The number of para-hydroxylation sites is 2. The average molecular weight is 258 g/mol. The van der Waals surface area contributed by atoms with Crippen molar-refractivity contribution in [3.63, 3.8) is 0 Å². The molecule has 2 heteroatoms. The molecule has 0 spiro atoms. The van der Waals surface area contributed by atoms with Gasteiger partial charge in [0.1, 0.15) is 0 Å². The number of aromatic nitrogens is 1. The van der Waals surface area contributed by atoms with E-state index >= 15 is 0 Å². The van der Waals surface area contributed by atoms with Crippen LogP contribution in [0.4, 0.5) is 5.69 Å². The van der Waals surface area contributed by atoms with E-state index in [1.165, 1.54) is 22.2 Å². The summed E-state index contributed by atoms with van der Waals surface area (Å²) in [6, 6.07) is 18.9. The SMILES string of the molecule is C1=CC(c2ccnc3ccccc23)Nc2ccccc21. The first kappa shape index (κ1) is 11.2. The van der Waals surface area contributed by atoms with Crippen LogP contribution in [0.1, 0.15) is 17.2 Å². The number of nitrogens with zero attached hydrogens (tertiary/aromatic N) is 1. The monoisotopic (exact) mass is 258 g/mol. The number of anilines is 1. The van der Waals surface area contributed by atoms with Crippen molar-refractivity contribution in [2.24, 2.45) is 0 Å². The van der Waals surface area contributed by atoms with Gasteiger partial charge in [0.05, 0.1) is 11.6 Å². The summed E-state index contributed by atoms with van der Waals surface area (Å²) in [5, 5.41) is 4.80. The smallest absolute Gasteiger partial charge is 0.0708 e. The maximum absolute atomic E-state index is 4.43. The Bertz CT molecular complexity index is 800. The lowest BCUT2D eigenvalue weighted by atomic mass is 9.97. The highest BCUT2D eigenvalue weighted by Crippen LogP contribution is 2.32. The number of nitrogens with one attached hydrogen (secondary N) is 1. The van der Waals surface area contributed by atoms with Gasteiger partial charge in [0.25, 0.3) is 0 Å². The molecule has 4 rings (SSSR count). The fourth-order valence-corrected chi connectivity index (χ4v) is 2.76. The minimum Gasteiger partial charge on any atom is -0.374 e. The van der Waals surface area contributed by atoms with Crippen LogP contribution in [0.2, 0.25) is 0 Å². The molecule has 1 atom stereocenters. The van der Waals surface area contributed by atoms with Gasteiger partial charge < -0.3 is 5.32 Å². The van der Waals surface area contributed by atoms with Gasteiger partial charge >= 0.3 is 0 Å². The standard InChI is InChI=1S/C18H14N2/c1-3-7-16-13(5-1)9-10-18(20-16)15-11-12-19-17-8-4-2-6-14(15)17/h1-12,18,20H. The molecule has 0 bridgehead atoms. The Balaban J connectivity index is 1.82. The second-order valence-corrected chi connectivity index (χ2v) is 4.99. The van der Waals surface area contributed by atoms with Crippen LogP contribution in [-0.2, 0) is 0 Å². The van der Waals surface area contributed by atoms with Crippen LogP contribution in [0.5, 0.6) is 0 Å². The molecule has 1 unspecified atom stereocenters. The van der Waals surface area contributed by atoms with E-state index in [1.807, 2.05) is 12.3 Å². The Kier molecular flexibility index (Phi) is 2.52. The first-order valence-corrected chi connectivity index (χ1v) is 6.79. The zero-order valence-electron chi connectivity index (χ0n) is 11.0. The largest absolute Gasteiger partial charge is 0.374 e. The summed E-state index contributed by atoms with van der Waals surface area (Å²) in [5.41, 5.74) is 4.73. The molecular formula is C18H14N2. The third kappa shape index (κ3) is 1.77. The Morgan fingerprint density at radius 3 is 2.75 bits per heavy atom. The van der Waals surface area contributed by atoms with Gasteiger partial charge in [-0.15, -0.1) is 0 Å². The maximum Gasteiger partial charge on any atom is 0.0708 e. The van der Waals surface area contributed by atoms with Crippen LogP contribution in [0, 0.1) is 0 Å². The molecule has 2 aromatic carbocycles. The van der Waals surface area contributed by atoms with E-state index in [4.69, 9.17) is 0 Å². The summed E-state index contributed by atoms with van der Waals surface area (Å²) in [4.78, 5) is 4.43. The second-order valence-electron chi connectivity index (χ2n) is 4.99. The molecule has 2 nitrogen and oxygen atoms in total. The molecule has 0 aliphatic carbocycles. The summed E-state index contributed by atoms with van der Waals surface area (Å²) in [5.74, 6) is 0. The summed E-state index contributed by atoms with van der Waals surface area (Å²) in [6.07, 6.45) is 6.28. The van der Waals surface area contributed by atoms with E-state index < -0.39 is 0 Å². The number of fused-ring (bicyclic) bond motifs is 2. The van der Waals surface area contributed by atoms with Gasteiger partial charge in [-0.25, -0.2) is 0 Å². The van der Waals surface area contributed by atoms with Crippen molar-refractivity contribution in [1.82, 2.24) is 4.98 Å².